The van der Waals surface area contributed by atoms with Crippen LogP contribution in [-0.2, 0) is 22.4 Å². The maximum Gasteiger partial charge on any atom is 0.335 e. The van der Waals surface area contributed by atoms with Gasteiger partial charge in [0.15, 0.2) is 0 Å². The molecule has 82 valence electrons. The highest BCUT2D eigenvalue weighted by atomic mass is 16.5. The van der Waals surface area contributed by atoms with Crippen LogP contribution in [0.25, 0.3) is 0 Å². The fraction of sp³-hybridized carbons (Fsp3) is 0.400. The molecule has 0 saturated carbocycles. The molecule has 15 heavy (non-hydrogen) atoms. The largest absolute Gasteiger partial charge is 0.469 e. The molecular weight excluding hydrogens is 200 g/mol. The molecule has 0 amide bonds. The molecule has 0 radical (unpaired) electrons. The SMILES string of the molecule is COC(=O)Cc1ccc(=O)oc1CCO. The fourth-order valence-corrected chi connectivity index (χ4v) is 1.18. The second-order valence-corrected chi connectivity index (χ2v) is 2.93. The summed E-state index contributed by atoms with van der Waals surface area (Å²) in [5.74, 6) is -0.0848. The number of carbonyl (C=O) groups excluding carboxylic acids is 1. The van der Waals surface area contributed by atoms with Gasteiger partial charge in [0, 0.05) is 18.1 Å². The molecular formula is C10H12O5. The Morgan fingerprint density at radius 1 is 1.53 bits per heavy atom. The molecule has 0 aliphatic heterocycles. The van der Waals surface area contributed by atoms with Crippen molar-refractivity contribution in [2.75, 3.05) is 13.7 Å². The molecule has 1 aromatic rings. The van der Waals surface area contributed by atoms with E-state index in [-0.39, 0.29) is 19.4 Å². The summed E-state index contributed by atoms with van der Waals surface area (Å²) in [5.41, 5.74) is 0.0718. The van der Waals surface area contributed by atoms with Crippen molar-refractivity contribution in [3.8, 4) is 0 Å². The molecule has 0 aromatic carbocycles. The van der Waals surface area contributed by atoms with Gasteiger partial charge in [0.2, 0.25) is 0 Å². The van der Waals surface area contributed by atoms with Crippen molar-refractivity contribution in [2.45, 2.75) is 12.8 Å². The van der Waals surface area contributed by atoms with Gasteiger partial charge in [-0.3, -0.25) is 4.79 Å². The van der Waals surface area contributed by atoms with Crippen molar-refractivity contribution in [1.82, 2.24) is 0 Å². The number of methoxy groups -OCH3 is 1. The maximum atomic E-state index is 11.0. The second kappa shape index (κ2) is 5.31. The average molecular weight is 212 g/mol. The Kier molecular flexibility index (Phi) is 4.05. The first-order valence-corrected chi connectivity index (χ1v) is 4.47. The number of hydrogen-bond donors (Lipinski definition) is 1. The highest BCUT2D eigenvalue weighted by molar-refractivity contribution is 5.72. The van der Waals surface area contributed by atoms with E-state index in [1.165, 1.54) is 19.2 Å². The Morgan fingerprint density at radius 3 is 2.87 bits per heavy atom. The summed E-state index contributed by atoms with van der Waals surface area (Å²) in [6.07, 6.45) is 0.248. The van der Waals surface area contributed by atoms with Crippen LogP contribution < -0.4 is 5.63 Å². The van der Waals surface area contributed by atoms with Crippen LogP contribution in [0.1, 0.15) is 11.3 Å². The third-order valence-corrected chi connectivity index (χ3v) is 1.90. The van der Waals surface area contributed by atoms with E-state index in [1.807, 2.05) is 0 Å². The van der Waals surface area contributed by atoms with Gasteiger partial charge in [-0.15, -0.1) is 0 Å². The molecule has 0 bridgehead atoms. The molecule has 5 nitrogen and oxygen atoms in total. The summed E-state index contributed by atoms with van der Waals surface area (Å²) in [6, 6.07) is 2.74. The summed E-state index contributed by atoms with van der Waals surface area (Å²) < 4.78 is 9.37. The summed E-state index contributed by atoms with van der Waals surface area (Å²) in [6.45, 7) is -0.138. The molecule has 0 atom stereocenters. The number of ether oxygens (including phenoxy) is 1. The lowest BCUT2D eigenvalue weighted by Gasteiger charge is -2.04. The van der Waals surface area contributed by atoms with Crippen molar-refractivity contribution in [3.05, 3.63) is 33.9 Å². The van der Waals surface area contributed by atoms with Gasteiger partial charge >= 0.3 is 11.6 Å². The van der Waals surface area contributed by atoms with Gasteiger partial charge in [0.25, 0.3) is 0 Å². The third kappa shape index (κ3) is 3.21. The van der Waals surface area contributed by atoms with Crippen LogP contribution in [0.15, 0.2) is 21.3 Å². The normalized spacial score (nSPS) is 10.0. The molecule has 1 N–H and O–H groups in total. The molecule has 1 rings (SSSR count). The first kappa shape index (κ1) is 11.5. The molecule has 1 aromatic heterocycles. The summed E-state index contributed by atoms with van der Waals surface area (Å²) >= 11 is 0. The molecule has 0 unspecified atom stereocenters. The van der Waals surface area contributed by atoms with E-state index in [0.717, 1.165) is 0 Å². The Balaban J connectivity index is 2.94. The fourth-order valence-electron chi connectivity index (χ4n) is 1.18. The van der Waals surface area contributed by atoms with Crippen molar-refractivity contribution in [1.29, 1.82) is 0 Å². The zero-order valence-electron chi connectivity index (χ0n) is 8.36. The van der Waals surface area contributed by atoms with Crippen LogP contribution in [0, 0.1) is 0 Å². The number of esters is 1. The average Bonchev–Trinajstić information content (AvgIpc) is 2.22. The first-order valence-electron chi connectivity index (χ1n) is 4.47. The lowest BCUT2D eigenvalue weighted by molar-refractivity contribution is -0.139. The number of aliphatic hydroxyl groups excluding tert-OH is 1. The molecule has 0 fully saturated rings. The van der Waals surface area contributed by atoms with Crippen molar-refractivity contribution >= 4 is 5.97 Å². The van der Waals surface area contributed by atoms with Gasteiger partial charge in [-0.05, 0) is 6.07 Å². The van der Waals surface area contributed by atoms with Gasteiger partial charge in [0.05, 0.1) is 20.1 Å². The lowest BCUT2D eigenvalue weighted by atomic mass is 10.1. The van der Waals surface area contributed by atoms with Crippen LogP contribution in [0.2, 0.25) is 0 Å². The predicted octanol–water partition coefficient (Wildman–Crippen LogP) is -0.110. The predicted molar refractivity (Wildman–Crippen MR) is 51.5 cm³/mol. The molecule has 0 aliphatic rings. The highest BCUT2D eigenvalue weighted by Crippen LogP contribution is 2.08. The van der Waals surface area contributed by atoms with E-state index >= 15 is 0 Å². The maximum absolute atomic E-state index is 11.0. The van der Waals surface area contributed by atoms with Gasteiger partial charge in [-0.1, -0.05) is 0 Å². The van der Waals surface area contributed by atoms with E-state index in [1.54, 1.807) is 0 Å². The van der Waals surface area contributed by atoms with Gasteiger partial charge in [0.1, 0.15) is 5.76 Å². The van der Waals surface area contributed by atoms with Crippen LogP contribution in [0.3, 0.4) is 0 Å². The molecule has 0 aliphatic carbocycles. The van der Waals surface area contributed by atoms with E-state index in [2.05, 4.69) is 4.74 Å². The van der Waals surface area contributed by atoms with Crippen molar-refractivity contribution in [3.63, 3.8) is 0 Å². The van der Waals surface area contributed by atoms with E-state index in [4.69, 9.17) is 9.52 Å². The van der Waals surface area contributed by atoms with E-state index in [9.17, 15) is 9.59 Å². The van der Waals surface area contributed by atoms with Crippen LogP contribution in [-0.4, -0.2) is 24.8 Å². The standard InChI is InChI=1S/C10H12O5/c1-14-10(13)6-7-2-3-9(12)15-8(7)4-5-11/h2-3,11H,4-6H2,1H3. The third-order valence-electron chi connectivity index (χ3n) is 1.90. The minimum absolute atomic E-state index is 0.0373. The minimum Gasteiger partial charge on any atom is -0.469 e. The van der Waals surface area contributed by atoms with Crippen molar-refractivity contribution < 1.29 is 19.1 Å². The molecule has 1 heterocycles. The second-order valence-electron chi connectivity index (χ2n) is 2.93. The Morgan fingerprint density at radius 2 is 2.27 bits per heavy atom. The van der Waals surface area contributed by atoms with Crippen LogP contribution in [0.5, 0.6) is 0 Å². The Hall–Kier alpha value is -1.62. The molecule has 0 saturated heterocycles. The van der Waals surface area contributed by atoms with Crippen LogP contribution >= 0.6 is 0 Å². The Labute approximate surface area is 86.3 Å². The van der Waals surface area contributed by atoms with Crippen molar-refractivity contribution in [2.24, 2.45) is 0 Å². The molecule has 0 spiro atoms. The summed E-state index contributed by atoms with van der Waals surface area (Å²) in [4.78, 5) is 21.9. The first-order chi connectivity index (χ1) is 7.17. The minimum atomic E-state index is -0.493. The van der Waals surface area contributed by atoms with Gasteiger partial charge in [-0.2, -0.15) is 0 Å². The lowest BCUT2D eigenvalue weighted by Crippen LogP contribution is -2.10. The van der Waals surface area contributed by atoms with Gasteiger partial charge < -0.3 is 14.3 Å². The number of hydrogen-bond acceptors (Lipinski definition) is 5. The van der Waals surface area contributed by atoms with Crippen LogP contribution in [0.4, 0.5) is 0 Å². The zero-order chi connectivity index (χ0) is 11.3. The summed E-state index contributed by atoms with van der Waals surface area (Å²) in [7, 11) is 1.28. The highest BCUT2D eigenvalue weighted by Gasteiger charge is 2.10. The van der Waals surface area contributed by atoms with Gasteiger partial charge in [-0.25, -0.2) is 4.79 Å². The van der Waals surface area contributed by atoms with E-state index < -0.39 is 11.6 Å². The number of rotatable bonds is 4. The smallest absolute Gasteiger partial charge is 0.335 e. The number of aliphatic hydroxyl groups is 1. The number of carbonyl (C=O) groups is 1. The zero-order valence-corrected chi connectivity index (χ0v) is 8.36. The molecule has 5 heteroatoms. The Bertz CT molecular complexity index is 393. The summed E-state index contributed by atoms with van der Waals surface area (Å²) in [5, 5.41) is 8.75. The monoisotopic (exact) mass is 212 g/mol. The topological polar surface area (TPSA) is 76.7 Å². The quantitative estimate of drug-likeness (QED) is 0.704. The van der Waals surface area contributed by atoms with E-state index in [0.29, 0.717) is 11.3 Å².